The summed E-state index contributed by atoms with van der Waals surface area (Å²) in [5, 5.41) is 9.33. The maximum absolute atomic E-state index is 12.4. The number of nitrogens with zero attached hydrogens (tertiary/aromatic N) is 1. The van der Waals surface area contributed by atoms with Crippen molar-refractivity contribution in [3.63, 3.8) is 0 Å². The van der Waals surface area contributed by atoms with E-state index in [1.54, 1.807) is 31.7 Å². The Balaban J connectivity index is 2.13. The van der Waals surface area contributed by atoms with E-state index >= 15 is 0 Å². The van der Waals surface area contributed by atoms with Gasteiger partial charge in [-0.05, 0) is 45.6 Å². The van der Waals surface area contributed by atoms with Crippen molar-refractivity contribution < 1.29 is 19.1 Å². The molecular weight excluding hydrogens is 258 g/mol. The van der Waals surface area contributed by atoms with Crippen molar-refractivity contribution in [3.8, 4) is 0 Å². The maximum Gasteiger partial charge on any atom is 0.309 e. The van der Waals surface area contributed by atoms with Crippen molar-refractivity contribution in [2.75, 3.05) is 13.1 Å². The largest absolute Gasteiger partial charge is 0.481 e. The van der Waals surface area contributed by atoms with E-state index < -0.39 is 11.4 Å². The quantitative estimate of drug-likeness (QED) is 0.923. The third-order valence-electron chi connectivity index (χ3n) is 4.37. The molecule has 20 heavy (non-hydrogen) atoms. The van der Waals surface area contributed by atoms with Crippen molar-refractivity contribution >= 4 is 11.9 Å². The lowest BCUT2D eigenvalue weighted by atomic mass is 9.74. The van der Waals surface area contributed by atoms with Crippen LogP contribution in [0.3, 0.4) is 0 Å². The molecule has 1 fully saturated rings. The van der Waals surface area contributed by atoms with Gasteiger partial charge in [0.15, 0.2) is 0 Å². The molecule has 0 aliphatic carbocycles. The number of aliphatic carboxylic acids is 1. The Kier molecular flexibility index (Phi) is 3.88. The fourth-order valence-electron chi connectivity index (χ4n) is 2.70. The second kappa shape index (κ2) is 5.31. The molecule has 0 spiro atoms. The van der Waals surface area contributed by atoms with Crippen LogP contribution in [0.25, 0.3) is 0 Å². The zero-order chi connectivity index (χ0) is 14.9. The Labute approximate surface area is 118 Å². The lowest BCUT2D eigenvalue weighted by molar-refractivity contribution is -0.151. The topological polar surface area (TPSA) is 70.8 Å². The molecule has 110 valence electrons. The van der Waals surface area contributed by atoms with Gasteiger partial charge in [-0.3, -0.25) is 9.59 Å². The van der Waals surface area contributed by atoms with E-state index in [2.05, 4.69) is 0 Å². The SMILES string of the molecule is Cc1occc1C(=O)N1CCCC(C(C)(C)C(=O)O)C1. The van der Waals surface area contributed by atoms with E-state index in [4.69, 9.17) is 4.42 Å². The van der Waals surface area contributed by atoms with E-state index in [1.807, 2.05) is 0 Å². The molecule has 1 aromatic rings. The van der Waals surface area contributed by atoms with Crippen molar-refractivity contribution in [1.29, 1.82) is 0 Å². The zero-order valence-corrected chi connectivity index (χ0v) is 12.2. The Bertz CT molecular complexity index is 518. The summed E-state index contributed by atoms with van der Waals surface area (Å²) < 4.78 is 5.17. The number of aryl methyl sites for hydroxylation is 1. The molecular formula is C15H21NO4. The van der Waals surface area contributed by atoms with Gasteiger partial charge in [0, 0.05) is 13.1 Å². The first-order valence-electron chi connectivity index (χ1n) is 6.90. The molecule has 0 bridgehead atoms. The molecule has 2 heterocycles. The molecule has 0 saturated carbocycles. The van der Waals surface area contributed by atoms with Gasteiger partial charge in [-0.1, -0.05) is 0 Å². The fraction of sp³-hybridized carbons (Fsp3) is 0.600. The van der Waals surface area contributed by atoms with Crippen LogP contribution in [0, 0.1) is 18.3 Å². The van der Waals surface area contributed by atoms with Crippen molar-refractivity contribution in [3.05, 3.63) is 23.7 Å². The first-order valence-corrected chi connectivity index (χ1v) is 6.90. The van der Waals surface area contributed by atoms with Crippen molar-refractivity contribution in [1.82, 2.24) is 4.90 Å². The summed E-state index contributed by atoms with van der Waals surface area (Å²) in [6.07, 6.45) is 3.18. The molecule has 1 saturated heterocycles. The molecule has 1 unspecified atom stereocenters. The number of amides is 1. The number of carboxylic acids is 1. The standard InChI is InChI=1S/C15H21NO4/c1-10-12(6-8-20-10)13(17)16-7-4-5-11(9-16)15(2,3)14(18)19/h6,8,11H,4-5,7,9H2,1-3H3,(H,18,19). The van der Waals surface area contributed by atoms with E-state index in [0.29, 0.717) is 24.4 Å². The van der Waals surface area contributed by atoms with Gasteiger partial charge in [0.25, 0.3) is 5.91 Å². The summed E-state index contributed by atoms with van der Waals surface area (Å²) in [6, 6.07) is 1.67. The summed E-state index contributed by atoms with van der Waals surface area (Å²) >= 11 is 0. The first kappa shape index (κ1) is 14.6. The van der Waals surface area contributed by atoms with Gasteiger partial charge < -0.3 is 14.4 Å². The van der Waals surface area contributed by atoms with Crippen LogP contribution in [0.1, 0.15) is 42.8 Å². The van der Waals surface area contributed by atoms with Gasteiger partial charge in [-0.25, -0.2) is 0 Å². The average molecular weight is 279 g/mol. The minimum atomic E-state index is -0.815. The molecule has 5 heteroatoms. The van der Waals surface area contributed by atoms with Crippen LogP contribution in [0.2, 0.25) is 0 Å². The normalized spacial score (nSPS) is 19.9. The number of piperidine rings is 1. The van der Waals surface area contributed by atoms with Gasteiger partial charge in [0.1, 0.15) is 5.76 Å². The van der Waals surface area contributed by atoms with Crippen LogP contribution in [0.5, 0.6) is 0 Å². The van der Waals surface area contributed by atoms with E-state index in [-0.39, 0.29) is 11.8 Å². The highest BCUT2D eigenvalue weighted by molar-refractivity contribution is 5.95. The average Bonchev–Trinajstić information content (AvgIpc) is 2.84. The van der Waals surface area contributed by atoms with Crippen LogP contribution in [-0.2, 0) is 4.79 Å². The van der Waals surface area contributed by atoms with E-state index in [0.717, 1.165) is 12.8 Å². The fourth-order valence-corrected chi connectivity index (χ4v) is 2.70. The van der Waals surface area contributed by atoms with Crippen LogP contribution in [0.4, 0.5) is 0 Å². The van der Waals surface area contributed by atoms with Gasteiger partial charge in [-0.15, -0.1) is 0 Å². The Morgan fingerprint density at radius 1 is 1.45 bits per heavy atom. The van der Waals surface area contributed by atoms with Gasteiger partial charge in [0.05, 0.1) is 17.2 Å². The van der Waals surface area contributed by atoms with E-state index in [9.17, 15) is 14.7 Å². The summed E-state index contributed by atoms with van der Waals surface area (Å²) in [6.45, 7) is 6.39. The van der Waals surface area contributed by atoms with Crippen molar-refractivity contribution in [2.24, 2.45) is 11.3 Å². The molecule has 1 aliphatic heterocycles. The number of carbonyl (C=O) groups excluding carboxylic acids is 1. The zero-order valence-electron chi connectivity index (χ0n) is 12.2. The maximum atomic E-state index is 12.4. The van der Waals surface area contributed by atoms with Gasteiger partial charge >= 0.3 is 5.97 Å². The monoisotopic (exact) mass is 279 g/mol. The highest BCUT2D eigenvalue weighted by Gasteiger charge is 2.40. The van der Waals surface area contributed by atoms with Crippen LogP contribution < -0.4 is 0 Å². The molecule has 1 N–H and O–H groups in total. The molecule has 1 aliphatic rings. The number of rotatable bonds is 3. The summed E-state index contributed by atoms with van der Waals surface area (Å²) in [5.74, 6) is -0.294. The molecule has 1 aromatic heterocycles. The van der Waals surface area contributed by atoms with E-state index in [1.165, 1.54) is 6.26 Å². The summed E-state index contributed by atoms with van der Waals surface area (Å²) in [4.78, 5) is 25.6. The lowest BCUT2D eigenvalue weighted by Gasteiger charge is -2.39. The van der Waals surface area contributed by atoms with Gasteiger partial charge in [-0.2, -0.15) is 0 Å². The third-order valence-corrected chi connectivity index (χ3v) is 4.37. The number of carbonyl (C=O) groups is 2. The van der Waals surface area contributed by atoms with Crippen molar-refractivity contribution in [2.45, 2.75) is 33.6 Å². The Morgan fingerprint density at radius 3 is 2.70 bits per heavy atom. The van der Waals surface area contributed by atoms with Crippen LogP contribution in [0.15, 0.2) is 16.7 Å². The Hall–Kier alpha value is -1.78. The second-order valence-electron chi connectivity index (χ2n) is 6.01. The third kappa shape index (κ3) is 2.57. The predicted octanol–water partition coefficient (Wildman–Crippen LogP) is 2.55. The Morgan fingerprint density at radius 2 is 2.15 bits per heavy atom. The summed E-state index contributed by atoms with van der Waals surface area (Å²) in [7, 11) is 0. The van der Waals surface area contributed by atoms with Crippen LogP contribution in [-0.4, -0.2) is 35.0 Å². The predicted molar refractivity (Wildman–Crippen MR) is 73.5 cm³/mol. The number of hydrogen-bond donors (Lipinski definition) is 1. The van der Waals surface area contributed by atoms with Gasteiger partial charge in [0.2, 0.25) is 0 Å². The minimum Gasteiger partial charge on any atom is -0.481 e. The first-order chi connectivity index (χ1) is 9.34. The van der Waals surface area contributed by atoms with Crippen LogP contribution >= 0.6 is 0 Å². The molecule has 1 amide bonds. The number of furan rings is 1. The molecule has 0 aromatic carbocycles. The number of carboxylic acid groups (broad SMARTS) is 1. The number of likely N-dealkylation sites (tertiary alicyclic amines) is 1. The second-order valence-corrected chi connectivity index (χ2v) is 6.01. The number of hydrogen-bond acceptors (Lipinski definition) is 3. The molecule has 1 atom stereocenters. The molecule has 5 nitrogen and oxygen atoms in total. The molecule has 2 rings (SSSR count). The summed E-state index contributed by atoms with van der Waals surface area (Å²) in [5.41, 5.74) is -0.247. The smallest absolute Gasteiger partial charge is 0.309 e. The minimum absolute atomic E-state index is 0.0232. The molecule has 0 radical (unpaired) electrons. The lowest BCUT2D eigenvalue weighted by Crippen LogP contribution is -2.46. The highest BCUT2D eigenvalue weighted by Crippen LogP contribution is 2.34. The highest BCUT2D eigenvalue weighted by atomic mass is 16.4.